The van der Waals surface area contributed by atoms with Crippen molar-refractivity contribution in [1.29, 1.82) is 0 Å². The molecule has 11 atom stereocenters. The number of rotatable bonds is 0. The number of hydrogen-bond acceptors (Lipinski definition) is 6. The highest BCUT2D eigenvalue weighted by atomic mass is 19.4. The molecule has 0 aromatic rings. The summed E-state index contributed by atoms with van der Waals surface area (Å²) in [4.78, 5) is 0. The van der Waals surface area contributed by atoms with Gasteiger partial charge in [0, 0.05) is 12.0 Å². The minimum atomic E-state index is -4.73. The second-order valence-electron chi connectivity index (χ2n) is 10.2. The van der Waals surface area contributed by atoms with Gasteiger partial charge in [-0.15, -0.1) is 0 Å². The van der Waals surface area contributed by atoms with Crippen molar-refractivity contribution in [3.8, 4) is 0 Å². The van der Waals surface area contributed by atoms with E-state index in [1.807, 2.05) is 0 Å². The summed E-state index contributed by atoms with van der Waals surface area (Å²) in [5.41, 5.74) is 11.1. The molecule has 10 unspecified atom stereocenters. The number of hydrogen-bond donors (Lipinski definition) is 4. The van der Waals surface area contributed by atoms with Crippen LogP contribution in [-0.2, 0) is 9.47 Å². The fourth-order valence-electron chi connectivity index (χ4n) is 6.03. The van der Waals surface area contributed by atoms with Gasteiger partial charge < -0.3 is 15.2 Å². The summed E-state index contributed by atoms with van der Waals surface area (Å²) in [6, 6.07) is -2.01. The number of fused-ring (bicyclic) bond motifs is 7. The van der Waals surface area contributed by atoms with E-state index >= 15 is 0 Å². The summed E-state index contributed by atoms with van der Waals surface area (Å²) in [6.07, 6.45) is -13.9. The van der Waals surface area contributed by atoms with Crippen molar-refractivity contribution in [2.75, 3.05) is 0 Å². The molecule has 6 bridgehead atoms. The van der Waals surface area contributed by atoms with Crippen molar-refractivity contribution in [3.63, 3.8) is 0 Å². The van der Waals surface area contributed by atoms with Crippen LogP contribution in [0.5, 0.6) is 0 Å². The molecule has 0 radical (unpaired) electrons. The SMILES string of the molecule is C[C@@H]1CCCC2CCC(F)C(C2)C(C(F)(F)F)C2NNC(O2)C2NC(O1)C(C(F)(F)F)CC2N. The van der Waals surface area contributed by atoms with E-state index in [-0.39, 0.29) is 18.8 Å². The fraction of sp³-hybridized carbons (Fsp3) is 1.00. The second-order valence-corrected chi connectivity index (χ2v) is 10.2. The molecule has 1 saturated carbocycles. The van der Waals surface area contributed by atoms with Crippen LogP contribution in [0.15, 0.2) is 0 Å². The zero-order valence-corrected chi connectivity index (χ0v) is 18.8. The number of nitrogens with two attached hydrogens (primary N) is 1. The van der Waals surface area contributed by atoms with Crippen molar-refractivity contribution < 1.29 is 40.2 Å². The van der Waals surface area contributed by atoms with Gasteiger partial charge in [0.2, 0.25) is 0 Å². The number of halogens is 7. The lowest BCUT2D eigenvalue weighted by Gasteiger charge is -2.44. The highest BCUT2D eigenvalue weighted by Gasteiger charge is 2.57. The molecule has 4 rings (SSSR count). The summed E-state index contributed by atoms with van der Waals surface area (Å²) in [5.74, 6) is -5.35. The predicted octanol–water partition coefficient (Wildman–Crippen LogP) is 3.48. The van der Waals surface area contributed by atoms with Gasteiger partial charge in [0.05, 0.1) is 18.1 Å². The molecule has 3 saturated heterocycles. The first-order valence-corrected chi connectivity index (χ1v) is 12.0. The topological polar surface area (TPSA) is 80.6 Å². The molecule has 4 aliphatic rings. The van der Waals surface area contributed by atoms with Crippen molar-refractivity contribution in [1.82, 2.24) is 16.2 Å². The third-order valence-corrected chi connectivity index (χ3v) is 7.81. The lowest BCUT2D eigenvalue weighted by Crippen LogP contribution is -2.67. The van der Waals surface area contributed by atoms with Gasteiger partial charge in [0.1, 0.15) is 30.8 Å². The van der Waals surface area contributed by atoms with E-state index in [4.69, 9.17) is 15.2 Å². The number of nitrogens with one attached hydrogen (secondary N) is 3. The van der Waals surface area contributed by atoms with Crippen LogP contribution >= 0.6 is 0 Å². The number of ether oxygens (including phenoxy) is 2. The quantitative estimate of drug-likeness (QED) is 0.377. The smallest absolute Gasteiger partial charge is 0.360 e. The maximum Gasteiger partial charge on any atom is 0.396 e. The summed E-state index contributed by atoms with van der Waals surface area (Å²) >= 11 is 0. The van der Waals surface area contributed by atoms with E-state index in [0.29, 0.717) is 25.7 Å². The monoisotopic (exact) mass is 506 g/mol. The molecule has 0 aromatic heterocycles. The normalized spacial score (nSPS) is 47.0. The Kier molecular flexibility index (Phi) is 7.72. The van der Waals surface area contributed by atoms with Crippen LogP contribution in [0.2, 0.25) is 0 Å². The zero-order valence-electron chi connectivity index (χ0n) is 18.8. The fourth-order valence-corrected chi connectivity index (χ4v) is 6.03. The molecule has 4 fully saturated rings. The summed E-state index contributed by atoms with van der Waals surface area (Å²) in [5, 5.41) is 2.75. The average molecular weight is 507 g/mol. The molecule has 3 aliphatic heterocycles. The lowest BCUT2D eigenvalue weighted by molar-refractivity contribution is -0.243. The van der Waals surface area contributed by atoms with E-state index in [2.05, 4.69) is 16.2 Å². The molecular weight excluding hydrogens is 473 g/mol. The van der Waals surface area contributed by atoms with Crippen molar-refractivity contribution in [2.24, 2.45) is 29.4 Å². The summed E-state index contributed by atoms with van der Waals surface area (Å²) in [7, 11) is 0. The van der Waals surface area contributed by atoms with Crippen molar-refractivity contribution >= 4 is 0 Å². The van der Waals surface area contributed by atoms with Gasteiger partial charge in [-0.25, -0.2) is 15.2 Å². The third-order valence-electron chi connectivity index (χ3n) is 7.81. The maximum atomic E-state index is 14.8. The Morgan fingerprint density at radius 3 is 2.21 bits per heavy atom. The maximum absolute atomic E-state index is 14.8. The van der Waals surface area contributed by atoms with Gasteiger partial charge in [-0.2, -0.15) is 26.3 Å². The highest BCUT2D eigenvalue weighted by Crippen LogP contribution is 2.47. The largest absolute Gasteiger partial charge is 0.396 e. The molecule has 0 aromatic carbocycles. The highest BCUT2D eigenvalue weighted by molar-refractivity contribution is 4.99. The Morgan fingerprint density at radius 1 is 0.824 bits per heavy atom. The van der Waals surface area contributed by atoms with Gasteiger partial charge >= 0.3 is 12.4 Å². The van der Waals surface area contributed by atoms with E-state index in [0.717, 1.165) is 0 Å². The zero-order chi connectivity index (χ0) is 24.8. The molecular formula is C21H33F7N4O2. The van der Waals surface area contributed by atoms with E-state index < -0.39 is 79.6 Å². The molecule has 13 heteroatoms. The van der Waals surface area contributed by atoms with Crippen LogP contribution < -0.4 is 21.9 Å². The molecule has 34 heavy (non-hydrogen) atoms. The van der Waals surface area contributed by atoms with E-state index in [1.165, 1.54) is 0 Å². The molecule has 3 heterocycles. The molecule has 5 N–H and O–H groups in total. The number of hydrazine groups is 1. The van der Waals surface area contributed by atoms with Gasteiger partial charge in [-0.3, -0.25) is 5.32 Å². The Morgan fingerprint density at radius 2 is 1.53 bits per heavy atom. The Balaban J connectivity index is 1.63. The average Bonchev–Trinajstić information content (AvgIpc) is 3.18. The molecule has 1 aliphatic carbocycles. The van der Waals surface area contributed by atoms with Gasteiger partial charge in [0.25, 0.3) is 0 Å². The summed E-state index contributed by atoms with van der Waals surface area (Å²) < 4.78 is 110. The van der Waals surface area contributed by atoms with Crippen molar-refractivity contribution in [2.45, 2.75) is 107 Å². The Labute approximate surface area is 193 Å². The first-order valence-electron chi connectivity index (χ1n) is 12.0. The Hall–Kier alpha value is -0.730. The van der Waals surface area contributed by atoms with Gasteiger partial charge in [-0.1, -0.05) is 12.8 Å². The van der Waals surface area contributed by atoms with Gasteiger partial charge in [0.15, 0.2) is 0 Å². The number of alkyl halides is 7. The van der Waals surface area contributed by atoms with Crippen LogP contribution in [0, 0.1) is 23.7 Å². The summed E-state index contributed by atoms with van der Waals surface area (Å²) in [6.45, 7) is 1.68. The standard InChI is InChI=1S/C21H33F7N4O2/c1-9-3-2-4-10-5-6-13(22)11(7-10)15(21(26,27)28)18-31-32-19(34-18)16-14(29)8-12(20(23,24)25)17(30-16)33-9/h9-19,30-32H,2-8,29H2,1H3/t9-,10?,11?,12?,13?,14?,15?,16?,17?,18?,19?/m1/s1. The minimum absolute atomic E-state index is 0.0436. The van der Waals surface area contributed by atoms with E-state index in [9.17, 15) is 30.7 Å². The van der Waals surface area contributed by atoms with E-state index in [1.54, 1.807) is 6.92 Å². The molecule has 198 valence electrons. The van der Waals surface area contributed by atoms with Crippen molar-refractivity contribution in [3.05, 3.63) is 0 Å². The third kappa shape index (κ3) is 5.64. The Bertz CT molecular complexity index is 697. The van der Waals surface area contributed by atoms with Crippen LogP contribution in [0.1, 0.15) is 51.9 Å². The van der Waals surface area contributed by atoms with Gasteiger partial charge in [-0.05, 0) is 44.9 Å². The van der Waals surface area contributed by atoms with Crippen LogP contribution in [0.4, 0.5) is 30.7 Å². The number of piperidine rings is 1. The second kappa shape index (κ2) is 9.97. The molecule has 6 nitrogen and oxygen atoms in total. The first-order chi connectivity index (χ1) is 15.8. The van der Waals surface area contributed by atoms with Crippen LogP contribution in [-0.4, -0.2) is 55.4 Å². The van der Waals surface area contributed by atoms with Crippen LogP contribution in [0.3, 0.4) is 0 Å². The first kappa shape index (κ1) is 26.3. The predicted molar refractivity (Wildman–Crippen MR) is 107 cm³/mol. The molecule has 0 spiro atoms. The lowest BCUT2D eigenvalue weighted by atomic mass is 9.71. The van der Waals surface area contributed by atoms with Crippen LogP contribution in [0.25, 0.3) is 0 Å². The minimum Gasteiger partial charge on any atom is -0.360 e. The molecule has 0 amide bonds.